The SMILES string of the molecule is Nc1ccccc1NC(=O)c1ccc(N(C(=O)OCC(F)(F)F)[C@H]2CCNC2)cc1. The van der Waals surface area contributed by atoms with E-state index in [0.29, 0.717) is 42.1 Å². The largest absolute Gasteiger partial charge is 0.439 e. The Bertz CT molecular complexity index is 897. The van der Waals surface area contributed by atoms with Crippen LogP contribution in [0.4, 0.5) is 35.0 Å². The number of para-hydroxylation sites is 2. The highest BCUT2D eigenvalue weighted by Crippen LogP contribution is 2.24. The summed E-state index contributed by atoms with van der Waals surface area (Å²) in [4.78, 5) is 26.0. The fourth-order valence-corrected chi connectivity index (χ4v) is 3.12. The molecule has 2 aromatic rings. The molecule has 0 spiro atoms. The fraction of sp³-hybridized carbons (Fsp3) is 0.300. The van der Waals surface area contributed by atoms with Crippen LogP contribution >= 0.6 is 0 Å². The average molecular weight is 422 g/mol. The summed E-state index contributed by atoms with van der Waals surface area (Å²) in [6.07, 6.45) is -5.14. The summed E-state index contributed by atoms with van der Waals surface area (Å²) in [5, 5.41) is 5.75. The molecule has 2 aromatic carbocycles. The molecule has 0 radical (unpaired) electrons. The van der Waals surface area contributed by atoms with Gasteiger partial charge in [-0.1, -0.05) is 12.1 Å². The number of nitrogens with two attached hydrogens (primary N) is 1. The van der Waals surface area contributed by atoms with Crippen molar-refractivity contribution in [3.63, 3.8) is 0 Å². The maximum atomic E-state index is 12.4. The first-order valence-electron chi connectivity index (χ1n) is 9.24. The number of rotatable bonds is 5. The smallest absolute Gasteiger partial charge is 0.422 e. The summed E-state index contributed by atoms with van der Waals surface area (Å²) in [7, 11) is 0. The second kappa shape index (κ2) is 9.04. The minimum Gasteiger partial charge on any atom is -0.439 e. The first kappa shape index (κ1) is 21.4. The van der Waals surface area contributed by atoms with Gasteiger partial charge in [0.15, 0.2) is 6.61 Å². The van der Waals surface area contributed by atoms with Gasteiger partial charge >= 0.3 is 12.3 Å². The van der Waals surface area contributed by atoms with Crippen molar-refractivity contribution in [2.45, 2.75) is 18.6 Å². The van der Waals surface area contributed by atoms with Gasteiger partial charge < -0.3 is 21.1 Å². The number of nitrogens with one attached hydrogen (secondary N) is 2. The Hall–Kier alpha value is -3.27. The Morgan fingerprint density at radius 2 is 1.87 bits per heavy atom. The molecule has 2 amide bonds. The van der Waals surface area contributed by atoms with Gasteiger partial charge in [-0.2, -0.15) is 13.2 Å². The van der Waals surface area contributed by atoms with Crippen LogP contribution in [0.5, 0.6) is 0 Å². The molecule has 10 heteroatoms. The van der Waals surface area contributed by atoms with Gasteiger partial charge in [-0.3, -0.25) is 9.69 Å². The Kier molecular flexibility index (Phi) is 6.46. The molecule has 0 aliphatic carbocycles. The van der Waals surface area contributed by atoms with Gasteiger partial charge in [0, 0.05) is 17.8 Å². The van der Waals surface area contributed by atoms with Crippen LogP contribution in [0.1, 0.15) is 16.8 Å². The zero-order chi connectivity index (χ0) is 21.7. The monoisotopic (exact) mass is 422 g/mol. The van der Waals surface area contributed by atoms with Crippen LogP contribution in [-0.2, 0) is 4.74 Å². The number of alkyl halides is 3. The van der Waals surface area contributed by atoms with Crippen molar-refractivity contribution in [1.29, 1.82) is 0 Å². The summed E-state index contributed by atoms with van der Waals surface area (Å²) >= 11 is 0. The van der Waals surface area contributed by atoms with Crippen molar-refractivity contribution in [2.24, 2.45) is 0 Å². The number of carbonyl (C=O) groups is 2. The Labute approximate surface area is 171 Å². The van der Waals surface area contributed by atoms with E-state index in [4.69, 9.17) is 5.73 Å². The number of anilines is 3. The maximum Gasteiger partial charge on any atom is 0.422 e. The zero-order valence-corrected chi connectivity index (χ0v) is 15.9. The number of ether oxygens (including phenoxy) is 1. The van der Waals surface area contributed by atoms with E-state index in [9.17, 15) is 22.8 Å². The predicted molar refractivity (Wildman–Crippen MR) is 106 cm³/mol. The van der Waals surface area contributed by atoms with Gasteiger partial charge in [-0.15, -0.1) is 0 Å². The van der Waals surface area contributed by atoms with Crippen molar-refractivity contribution in [2.75, 3.05) is 35.6 Å². The zero-order valence-electron chi connectivity index (χ0n) is 15.9. The lowest BCUT2D eigenvalue weighted by Crippen LogP contribution is -2.43. The van der Waals surface area contributed by atoms with E-state index in [1.54, 1.807) is 24.3 Å². The molecule has 0 unspecified atom stereocenters. The van der Waals surface area contributed by atoms with Gasteiger partial charge in [-0.25, -0.2) is 4.79 Å². The number of nitrogen functional groups attached to an aromatic ring is 1. The molecule has 1 saturated heterocycles. The van der Waals surface area contributed by atoms with Crippen LogP contribution in [-0.4, -0.2) is 43.9 Å². The quantitative estimate of drug-likeness (QED) is 0.642. The van der Waals surface area contributed by atoms with Gasteiger partial charge in [0.1, 0.15) is 0 Å². The molecule has 7 nitrogen and oxygen atoms in total. The molecule has 4 N–H and O–H groups in total. The second-order valence-electron chi connectivity index (χ2n) is 6.77. The van der Waals surface area contributed by atoms with Crippen molar-refractivity contribution < 1.29 is 27.5 Å². The van der Waals surface area contributed by atoms with Crippen LogP contribution in [0.25, 0.3) is 0 Å². The lowest BCUT2D eigenvalue weighted by molar-refractivity contribution is -0.159. The van der Waals surface area contributed by atoms with E-state index in [2.05, 4.69) is 15.4 Å². The van der Waals surface area contributed by atoms with Crippen molar-refractivity contribution in [3.05, 3.63) is 54.1 Å². The van der Waals surface area contributed by atoms with Crippen molar-refractivity contribution in [1.82, 2.24) is 5.32 Å². The number of hydrogen-bond acceptors (Lipinski definition) is 5. The summed E-state index contributed by atoms with van der Waals surface area (Å²) < 4.78 is 41.8. The Morgan fingerprint density at radius 1 is 1.17 bits per heavy atom. The molecule has 0 aromatic heterocycles. The van der Waals surface area contributed by atoms with E-state index >= 15 is 0 Å². The van der Waals surface area contributed by atoms with Crippen LogP contribution in [0.3, 0.4) is 0 Å². The third-order valence-corrected chi connectivity index (χ3v) is 4.57. The van der Waals surface area contributed by atoms with E-state index in [-0.39, 0.29) is 6.04 Å². The molecule has 1 aliphatic rings. The first-order chi connectivity index (χ1) is 14.2. The lowest BCUT2D eigenvalue weighted by Gasteiger charge is -2.28. The molecule has 30 heavy (non-hydrogen) atoms. The highest BCUT2D eigenvalue weighted by molar-refractivity contribution is 6.06. The maximum absolute atomic E-state index is 12.4. The van der Waals surface area contributed by atoms with E-state index < -0.39 is 24.8 Å². The molecule has 3 rings (SSSR count). The first-order valence-corrected chi connectivity index (χ1v) is 9.24. The summed E-state index contributed by atoms with van der Waals surface area (Å²) in [5.41, 5.74) is 7.33. The predicted octanol–water partition coefficient (Wildman–Crippen LogP) is 3.39. The number of nitrogens with zero attached hydrogens (tertiary/aromatic N) is 1. The normalized spacial score (nSPS) is 16.2. The Balaban J connectivity index is 1.75. The summed E-state index contributed by atoms with van der Waals surface area (Å²) in [6.45, 7) is -0.606. The fourth-order valence-electron chi connectivity index (χ4n) is 3.12. The van der Waals surface area contributed by atoms with Crippen molar-refractivity contribution >= 4 is 29.1 Å². The third kappa shape index (κ3) is 5.41. The average Bonchev–Trinajstić information content (AvgIpc) is 3.22. The molecule has 0 saturated carbocycles. The molecule has 160 valence electrons. The lowest BCUT2D eigenvalue weighted by atomic mass is 10.1. The molecule has 1 fully saturated rings. The topological polar surface area (TPSA) is 96.7 Å². The van der Waals surface area contributed by atoms with Crippen LogP contribution in [0, 0.1) is 0 Å². The second-order valence-corrected chi connectivity index (χ2v) is 6.77. The summed E-state index contributed by atoms with van der Waals surface area (Å²) in [6, 6.07) is 12.4. The minimum absolute atomic E-state index is 0.301. The van der Waals surface area contributed by atoms with E-state index in [1.807, 2.05) is 0 Å². The molecule has 1 atom stereocenters. The minimum atomic E-state index is -4.61. The van der Waals surface area contributed by atoms with Crippen LogP contribution in [0.2, 0.25) is 0 Å². The van der Waals surface area contributed by atoms with Gasteiger partial charge in [-0.05, 0) is 49.4 Å². The number of benzene rings is 2. The van der Waals surface area contributed by atoms with E-state index in [0.717, 1.165) is 0 Å². The Morgan fingerprint density at radius 3 is 2.47 bits per heavy atom. The highest BCUT2D eigenvalue weighted by Gasteiger charge is 2.34. The number of amides is 2. The molecular weight excluding hydrogens is 401 g/mol. The number of halogens is 3. The molecule has 1 aliphatic heterocycles. The molecular formula is C20H21F3N4O3. The van der Waals surface area contributed by atoms with Gasteiger partial charge in [0.25, 0.3) is 5.91 Å². The molecule has 0 bridgehead atoms. The molecule has 1 heterocycles. The third-order valence-electron chi connectivity index (χ3n) is 4.57. The highest BCUT2D eigenvalue weighted by atomic mass is 19.4. The standard InChI is InChI=1S/C20H21F3N4O3/c21-20(22,23)12-30-19(29)27(15-9-10-25-11-15)14-7-5-13(6-8-14)18(28)26-17-4-2-1-3-16(17)24/h1-8,15,25H,9-12,24H2,(H,26,28)/t15-/m0/s1. The van der Waals surface area contributed by atoms with Crippen LogP contribution in [0.15, 0.2) is 48.5 Å². The number of carbonyl (C=O) groups excluding carboxylic acids is 2. The van der Waals surface area contributed by atoms with Crippen molar-refractivity contribution in [3.8, 4) is 0 Å². The summed E-state index contributed by atoms with van der Waals surface area (Å²) in [5.74, 6) is -0.409. The number of hydrogen-bond donors (Lipinski definition) is 3. The van der Waals surface area contributed by atoms with Crippen LogP contribution < -0.4 is 21.3 Å². The van der Waals surface area contributed by atoms with Gasteiger partial charge in [0.05, 0.1) is 17.4 Å². The van der Waals surface area contributed by atoms with Gasteiger partial charge in [0.2, 0.25) is 0 Å². The van der Waals surface area contributed by atoms with E-state index in [1.165, 1.54) is 29.2 Å².